The smallest absolute Gasteiger partial charge is 0.306 e. The molecule has 0 saturated heterocycles. The molecule has 1 aliphatic carbocycles. The number of carboxylic acids is 1. The number of nitrogens with one attached hydrogen (secondary N) is 1. The summed E-state index contributed by atoms with van der Waals surface area (Å²) in [7, 11) is 0. The van der Waals surface area contributed by atoms with Gasteiger partial charge in [0.25, 0.3) is 0 Å². The van der Waals surface area contributed by atoms with Crippen LogP contribution in [0.1, 0.15) is 31.2 Å². The highest BCUT2D eigenvalue weighted by Gasteiger charge is 2.25. The Morgan fingerprint density at radius 3 is 2.61 bits per heavy atom. The van der Waals surface area contributed by atoms with E-state index < -0.39 is 5.97 Å². The number of hydrogen-bond donors (Lipinski definition) is 2. The van der Waals surface area contributed by atoms with Crippen LogP contribution in [0.5, 0.6) is 0 Å². The first kappa shape index (κ1) is 13.2. The molecule has 0 bridgehead atoms. The van der Waals surface area contributed by atoms with E-state index in [0.29, 0.717) is 6.04 Å². The Morgan fingerprint density at radius 2 is 2.00 bits per heavy atom. The first-order valence-electron chi connectivity index (χ1n) is 6.32. The van der Waals surface area contributed by atoms with Gasteiger partial charge in [0.15, 0.2) is 0 Å². The van der Waals surface area contributed by atoms with Crippen LogP contribution in [0.4, 0.5) is 5.69 Å². The Morgan fingerprint density at radius 1 is 1.33 bits per heavy atom. The molecule has 1 saturated carbocycles. The third-order valence-corrected chi connectivity index (χ3v) is 4.11. The molecule has 1 aliphatic rings. The van der Waals surface area contributed by atoms with Gasteiger partial charge in [-0.2, -0.15) is 0 Å². The lowest BCUT2D eigenvalue weighted by molar-refractivity contribution is -0.142. The largest absolute Gasteiger partial charge is 0.481 e. The molecule has 0 aromatic heterocycles. The zero-order valence-corrected chi connectivity index (χ0v) is 11.2. The summed E-state index contributed by atoms with van der Waals surface area (Å²) in [5, 5.41) is 13.2. The molecule has 0 aliphatic heterocycles. The van der Waals surface area contributed by atoms with E-state index in [4.69, 9.17) is 16.7 Å². The molecule has 2 rings (SSSR count). The van der Waals surface area contributed by atoms with Crippen LogP contribution in [0.2, 0.25) is 5.02 Å². The van der Waals surface area contributed by atoms with Gasteiger partial charge in [0.05, 0.1) is 5.92 Å². The molecule has 0 atom stereocenters. The van der Waals surface area contributed by atoms with Gasteiger partial charge in [-0.05, 0) is 50.3 Å². The topological polar surface area (TPSA) is 49.3 Å². The van der Waals surface area contributed by atoms with Crippen molar-refractivity contribution in [2.75, 3.05) is 5.32 Å². The number of rotatable bonds is 3. The maximum absolute atomic E-state index is 10.9. The second-order valence-electron chi connectivity index (χ2n) is 4.94. The molecule has 3 nitrogen and oxygen atoms in total. The van der Waals surface area contributed by atoms with E-state index in [1.54, 1.807) is 0 Å². The highest BCUT2D eigenvalue weighted by Crippen LogP contribution is 2.29. The SMILES string of the molecule is Cc1c(Cl)cccc1NC1CCC(C(=O)O)CC1. The van der Waals surface area contributed by atoms with Crippen molar-refractivity contribution in [2.24, 2.45) is 5.92 Å². The number of benzene rings is 1. The Bertz CT molecular complexity index is 439. The molecular formula is C14H18ClNO2. The third kappa shape index (κ3) is 2.96. The van der Waals surface area contributed by atoms with Crippen LogP contribution in [-0.4, -0.2) is 17.1 Å². The Kier molecular flexibility index (Phi) is 4.12. The van der Waals surface area contributed by atoms with Crippen molar-refractivity contribution in [1.82, 2.24) is 0 Å². The summed E-state index contributed by atoms with van der Waals surface area (Å²) in [4.78, 5) is 10.9. The van der Waals surface area contributed by atoms with Crippen molar-refractivity contribution in [3.63, 3.8) is 0 Å². The summed E-state index contributed by atoms with van der Waals surface area (Å²) >= 11 is 6.08. The van der Waals surface area contributed by atoms with Gasteiger partial charge in [0.2, 0.25) is 0 Å². The second kappa shape index (κ2) is 5.61. The van der Waals surface area contributed by atoms with Crippen LogP contribution in [0.15, 0.2) is 18.2 Å². The number of carboxylic acid groups (broad SMARTS) is 1. The van der Waals surface area contributed by atoms with E-state index >= 15 is 0 Å². The molecule has 1 aromatic carbocycles. The minimum absolute atomic E-state index is 0.163. The summed E-state index contributed by atoms with van der Waals surface area (Å²) in [6.07, 6.45) is 3.32. The number of carbonyl (C=O) groups is 1. The van der Waals surface area contributed by atoms with E-state index in [1.807, 2.05) is 25.1 Å². The van der Waals surface area contributed by atoms with Gasteiger partial charge in [-0.15, -0.1) is 0 Å². The average molecular weight is 268 g/mol. The lowest BCUT2D eigenvalue weighted by Crippen LogP contribution is -2.29. The average Bonchev–Trinajstić information content (AvgIpc) is 2.36. The van der Waals surface area contributed by atoms with E-state index in [1.165, 1.54) is 0 Å². The molecular weight excluding hydrogens is 250 g/mol. The number of anilines is 1. The van der Waals surface area contributed by atoms with Crippen LogP contribution < -0.4 is 5.32 Å². The second-order valence-corrected chi connectivity index (χ2v) is 5.35. The quantitative estimate of drug-likeness (QED) is 0.878. The zero-order valence-electron chi connectivity index (χ0n) is 10.4. The van der Waals surface area contributed by atoms with E-state index in [9.17, 15) is 4.79 Å². The van der Waals surface area contributed by atoms with Crippen LogP contribution in [-0.2, 0) is 4.79 Å². The van der Waals surface area contributed by atoms with Crippen molar-refractivity contribution in [2.45, 2.75) is 38.6 Å². The Labute approximate surface area is 112 Å². The predicted octanol–water partition coefficient (Wildman–Crippen LogP) is 3.70. The van der Waals surface area contributed by atoms with Gasteiger partial charge in [0.1, 0.15) is 0 Å². The molecule has 0 spiro atoms. The Hall–Kier alpha value is -1.22. The molecule has 98 valence electrons. The van der Waals surface area contributed by atoms with Gasteiger partial charge in [-0.3, -0.25) is 4.79 Å². The van der Waals surface area contributed by atoms with Crippen molar-refractivity contribution in [3.8, 4) is 0 Å². The summed E-state index contributed by atoms with van der Waals surface area (Å²) in [5.41, 5.74) is 2.11. The van der Waals surface area contributed by atoms with Crippen LogP contribution in [0, 0.1) is 12.8 Å². The third-order valence-electron chi connectivity index (χ3n) is 3.70. The molecule has 2 N–H and O–H groups in total. The fourth-order valence-corrected chi connectivity index (χ4v) is 2.64. The molecule has 0 heterocycles. The normalized spacial score (nSPS) is 23.7. The monoisotopic (exact) mass is 267 g/mol. The minimum atomic E-state index is -0.660. The lowest BCUT2D eigenvalue weighted by Gasteiger charge is -2.28. The minimum Gasteiger partial charge on any atom is -0.481 e. The number of aliphatic carboxylic acids is 1. The Balaban J connectivity index is 1.96. The van der Waals surface area contributed by atoms with Crippen molar-refractivity contribution in [3.05, 3.63) is 28.8 Å². The summed E-state index contributed by atoms with van der Waals surface area (Å²) < 4.78 is 0. The predicted molar refractivity (Wildman–Crippen MR) is 73.2 cm³/mol. The molecule has 0 unspecified atom stereocenters. The zero-order chi connectivity index (χ0) is 13.1. The molecule has 0 amide bonds. The van der Waals surface area contributed by atoms with Crippen LogP contribution >= 0.6 is 11.6 Å². The maximum Gasteiger partial charge on any atom is 0.306 e. The number of halogens is 1. The van der Waals surface area contributed by atoms with Crippen molar-refractivity contribution < 1.29 is 9.90 Å². The van der Waals surface area contributed by atoms with Crippen LogP contribution in [0.3, 0.4) is 0 Å². The summed E-state index contributed by atoms with van der Waals surface area (Å²) in [6, 6.07) is 6.19. The van der Waals surface area contributed by atoms with E-state index in [-0.39, 0.29) is 5.92 Å². The molecule has 18 heavy (non-hydrogen) atoms. The highest BCUT2D eigenvalue weighted by atomic mass is 35.5. The summed E-state index contributed by atoms with van der Waals surface area (Å²) in [5.74, 6) is -0.823. The number of hydrogen-bond acceptors (Lipinski definition) is 2. The summed E-state index contributed by atoms with van der Waals surface area (Å²) in [6.45, 7) is 1.99. The van der Waals surface area contributed by atoms with Gasteiger partial charge >= 0.3 is 5.97 Å². The van der Waals surface area contributed by atoms with Gasteiger partial charge < -0.3 is 10.4 Å². The van der Waals surface area contributed by atoms with Crippen molar-refractivity contribution in [1.29, 1.82) is 0 Å². The first-order chi connectivity index (χ1) is 8.58. The molecule has 1 aromatic rings. The fraction of sp³-hybridized carbons (Fsp3) is 0.500. The molecule has 0 radical (unpaired) electrons. The van der Waals surface area contributed by atoms with Crippen molar-refractivity contribution >= 4 is 23.3 Å². The molecule has 4 heteroatoms. The van der Waals surface area contributed by atoms with E-state index in [0.717, 1.165) is 42.0 Å². The van der Waals surface area contributed by atoms with E-state index in [2.05, 4.69) is 5.32 Å². The highest BCUT2D eigenvalue weighted by molar-refractivity contribution is 6.31. The molecule has 1 fully saturated rings. The van der Waals surface area contributed by atoms with Gasteiger partial charge in [0, 0.05) is 16.8 Å². The standard InChI is InChI=1S/C14H18ClNO2/c1-9-12(15)3-2-4-13(9)16-11-7-5-10(6-8-11)14(17)18/h2-4,10-11,16H,5-8H2,1H3,(H,17,18). The maximum atomic E-state index is 10.9. The van der Waals surface area contributed by atoms with Crippen LogP contribution in [0.25, 0.3) is 0 Å². The lowest BCUT2D eigenvalue weighted by atomic mass is 9.86. The van der Waals surface area contributed by atoms with Gasteiger partial charge in [-0.1, -0.05) is 17.7 Å². The fourth-order valence-electron chi connectivity index (χ4n) is 2.47. The first-order valence-corrected chi connectivity index (χ1v) is 6.70. The van der Waals surface area contributed by atoms with Gasteiger partial charge in [-0.25, -0.2) is 0 Å².